The van der Waals surface area contributed by atoms with E-state index in [2.05, 4.69) is 0 Å². The summed E-state index contributed by atoms with van der Waals surface area (Å²) in [4.78, 5) is 27.5. The molecule has 2 unspecified atom stereocenters. The van der Waals surface area contributed by atoms with Crippen molar-refractivity contribution in [1.29, 1.82) is 0 Å². The maximum atomic E-state index is 12.6. The van der Waals surface area contributed by atoms with Crippen LogP contribution >= 0.6 is 0 Å². The van der Waals surface area contributed by atoms with Gasteiger partial charge in [0.15, 0.2) is 0 Å². The van der Waals surface area contributed by atoms with Crippen LogP contribution in [0.3, 0.4) is 0 Å². The Morgan fingerprint density at radius 3 is 2.47 bits per heavy atom. The van der Waals surface area contributed by atoms with Gasteiger partial charge in [-0.1, -0.05) is 6.92 Å². The van der Waals surface area contributed by atoms with Crippen LogP contribution in [0.1, 0.15) is 20.3 Å². The standard InChI is InChI=1S/C13H25N3O3/c1-5-6-16(7-11(17)15(3)4)12(18)13(2)9-19-8-10(13)14/h10H,5-9,14H2,1-4H3. The van der Waals surface area contributed by atoms with Crippen LogP contribution in [0, 0.1) is 5.41 Å². The SMILES string of the molecule is CCCN(CC(=O)N(C)C)C(=O)C1(C)COCC1N. The average molecular weight is 271 g/mol. The van der Waals surface area contributed by atoms with Crippen molar-refractivity contribution in [3.8, 4) is 0 Å². The highest BCUT2D eigenvalue weighted by atomic mass is 16.5. The molecule has 6 heteroatoms. The second-order valence-electron chi connectivity index (χ2n) is 5.55. The Labute approximate surface area is 114 Å². The molecule has 0 radical (unpaired) electrons. The molecule has 0 aromatic rings. The number of hydrogen-bond donors (Lipinski definition) is 1. The number of amides is 2. The minimum Gasteiger partial charge on any atom is -0.379 e. The fourth-order valence-electron chi connectivity index (χ4n) is 2.10. The molecule has 2 atom stereocenters. The van der Waals surface area contributed by atoms with E-state index < -0.39 is 5.41 Å². The number of hydrogen-bond acceptors (Lipinski definition) is 4. The molecule has 1 saturated heterocycles. The molecule has 1 rings (SSSR count). The Morgan fingerprint density at radius 1 is 1.42 bits per heavy atom. The minimum absolute atomic E-state index is 0.0853. The second kappa shape index (κ2) is 6.34. The summed E-state index contributed by atoms with van der Waals surface area (Å²) in [5.74, 6) is -0.174. The first-order valence-corrected chi connectivity index (χ1v) is 6.65. The monoisotopic (exact) mass is 271 g/mol. The van der Waals surface area contributed by atoms with Gasteiger partial charge < -0.3 is 20.3 Å². The third-order valence-electron chi connectivity index (χ3n) is 3.61. The molecule has 19 heavy (non-hydrogen) atoms. The molecule has 1 heterocycles. The van der Waals surface area contributed by atoms with Crippen molar-refractivity contribution in [3.63, 3.8) is 0 Å². The predicted octanol–water partition coefficient (Wildman–Crippen LogP) is -0.323. The third kappa shape index (κ3) is 3.45. The van der Waals surface area contributed by atoms with Crippen molar-refractivity contribution in [2.24, 2.45) is 11.1 Å². The zero-order valence-corrected chi connectivity index (χ0v) is 12.3. The first kappa shape index (κ1) is 15.9. The van der Waals surface area contributed by atoms with E-state index in [1.54, 1.807) is 19.0 Å². The average Bonchev–Trinajstić information content (AvgIpc) is 2.69. The van der Waals surface area contributed by atoms with Crippen molar-refractivity contribution >= 4 is 11.8 Å². The van der Waals surface area contributed by atoms with Crippen molar-refractivity contribution in [2.45, 2.75) is 26.3 Å². The third-order valence-corrected chi connectivity index (χ3v) is 3.61. The number of nitrogens with zero attached hydrogens (tertiary/aromatic N) is 2. The van der Waals surface area contributed by atoms with Crippen molar-refractivity contribution in [3.05, 3.63) is 0 Å². The van der Waals surface area contributed by atoms with Crippen LogP contribution in [-0.2, 0) is 14.3 Å². The van der Waals surface area contributed by atoms with Crippen molar-refractivity contribution in [2.75, 3.05) is 40.4 Å². The number of nitrogens with two attached hydrogens (primary N) is 1. The van der Waals surface area contributed by atoms with Crippen molar-refractivity contribution < 1.29 is 14.3 Å². The van der Waals surface area contributed by atoms with E-state index in [-0.39, 0.29) is 24.4 Å². The highest BCUT2D eigenvalue weighted by molar-refractivity contribution is 5.88. The highest BCUT2D eigenvalue weighted by Gasteiger charge is 2.46. The van der Waals surface area contributed by atoms with Crippen LogP contribution in [0.5, 0.6) is 0 Å². The Bertz CT molecular complexity index is 346. The lowest BCUT2D eigenvalue weighted by molar-refractivity contribution is -0.146. The first-order chi connectivity index (χ1) is 8.82. The summed E-state index contributed by atoms with van der Waals surface area (Å²) in [6, 6.07) is -0.311. The molecular weight excluding hydrogens is 246 g/mol. The predicted molar refractivity (Wildman–Crippen MR) is 72.5 cm³/mol. The van der Waals surface area contributed by atoms with Crippen LogP contribution in [0.15, 0.2) is 0 Å². The number of likely N-dealkylation sites (N-methyl/N-ethyl adjacent to an activating group) is 1. The molecule has 0 aromatic heterocycles. The number of carbonyl (C=O) groups is 2. The topological polar surface area (TPSA) is 75.9 Å². The minimum atomic E-state index is -0.720. The molecule has 0 bridgehead atoms. The van der Waals surface area contributed by atoms with Gasteiger partial charge in [-0.3, -0.25) is 9.59 Å². The van der Waals surface area contributed by atoms with Crippen LogP contribution < -0.4 is 5.73 Å². The fourth-order valence-corrected chi connectivity index (χ4v) is 2.10. The van der Waals surface area contributed by atoms with Crippen LogP contribution in [0.2, 0.25) is 0 Å². The van der Waals surface area contributed by atoms with Gasteiger partial charge >= 0.3 is 0 Å². The molecule has 110 valence electrons. The normalized spacial score (nSPS) is 26.3. The van der Waals surface area contributed by atoms with E-state index in [4.69, 9.17) is 10.5 Å². The maximum absolute atomic E-state index is 12.6. The van der Waals surface area contributed by atoms with E-state index in [0.29, 0.717) is 19.8 Å². The first-order valence-electron chi connectivity index (χ1n) is 6.65. The van der Waals surface area contributed by atoms with Crippen molar-refractivity contribution in [1.82, 2.24) is 9.80 Å². The van der Waals surface area contributed by atoms with Crippen LogP contribution in [0.25, 0.3) is 0 Å². The summed E-state index contributed by atoms with van der Waals surface area (Å²) < 4.78 is 5.31. The molecule has 0 saturated carbocycles. The van der Waals surface area contributed by atoms with Gasteiger partial charge in [0, 0.05) is 26.7 Å². The van der Waals surface area contributed by atoms with E-state index in [9.17, 15) is 9.59 Å². The molecule has 2 N–H and O–H groups in total. The lowest BCUT2D eigenvalue weighted by Gasteiger charge is -2.33. The Hall–Kier alpha value is -1.14. The Balaban J connectivity index is 2.81. The van der Waals surface area contributed by atoms with Gasteiger partial charge in [0.2, 0.25) is 11.8 Å². The Kier molecular flexibility index (Phi) is 5.31. The summed E-state index contributed by atoms with van der Waals surface area (Å²) in [6.45, 7) is 5.17. The highest BCUT2D eigenvalue weighted by Crippen LogP contribution is 2.29. The lowest BCUT2D eigenvalue weighted by atomic mass is 9.84. The summed E-state index contributed by atoms with van der Waals surface area (Å²) >= 11 is 0. The van der Waals surface area contributed by atoms with E-state index in [0.717, 1.165) is 6.42 Å². The molecule has 2 amide bonds. The molecule has 1 fully saturated rings. The fraction of sp³-hybridized carbons (Fsp3) is 0.846. The molecule has 1 aliphatic rings. The van der Waals surface area contributed by atoms with Gasteiger partial charge in [0.05, 0.1) is 25.2 Å². The number of ether oxygens (including phenoxy) is 1. The summed E-state index contributed by atoms with van der Waals surface area (Å²) in [5.41, 5.74) is 5.25. The van der Waals surface area contributed by atoms with Gasteiger partial charge in [0.25, 0.3) is 0 Å². The van der Waals surface area contributed by atoms with Gasteiger partial charge in [-0.2, -0.15) is 0 Å². The van der Waals surface area contributed by atoms with E-state index in [1.807, 2.05) is 13.8 Å². The number of rotatable bonds is 5. The second-order valence-corrected chi connectivity index (χ2v) is 5.55. The molecular formula is C13H25N3O3. The molecule has 0 aliphatic carbocycles. The quantitative estimate of drug-likeness (QED) is 0.743. The van der Waals surface area contributed by atoms with Gasteiger partial charge in [-0.25, -0.2) is 0 Å². The summed E-state index contributed by atoms with van der Waals surface area (Å²) in [6.07, 6.45) is 0.804. The summed E-state index contributed by atoms with van der Waals surface area (Å²) in [7, 11) is 3.37. The number of carbonyl (C=O) groups excluding carboxylic acids is 2. The zero-order chi connectivity index (χ0) is 14.6. The smallest absolute Gasteiger partial charge is 0.241 e. The zero-order valence-electron chi connectivity index (χ0n) is 12.3. The van der Waals surface area contributed by atoms with Gasteiger partial charge in [-0.15, -0.1) is 0 Å². The van der Waals surface area contributed by atoms with Crippen LogP contribution in [-0.4, -0.2) is 68.1 Å². The molecule has 6 nitrogen and oxygen atoms in total. The van der Waals surface area contributed by atoms with Gasteiger partial charge in [0.1, 0.15) is 0 Å². The Morgan fingerprint density at radius 2 is 2.05 bits per heavy atom. The van der Waals surface area contributed by atoms with E-state index in [1.165, 1.54) is 4.90 Å². The van der Waals surface area contributed by atoms with Crippen LogP contribution in [0.4, 0.5) is 0 Å². The molecule has 0 spiro atoms. The summed E-state index contributed by atoms with van der Waals surface area (Å²) in [5, 5.41) is 0. The van der Waals surface area contributed by atoms with Gasteiger partial charge in [-0.05, 0) is 13.3 Å². The molecule has 0 aromatic carbocycles. The molecule has 1 aliphatic heterocycles. The largest absolute Gasteiger partial charge is 0.379 e. The lowest BCUT2D eigenvalue weighted by Crippen LogP contribution is -2.53. The maximum Gasteiger partial charge on any atom is 0.241 e. The van der Waals surface area contributed by atoms with E-state index >= 15 is 0 Å².